The summed E-state index contributed by atoms with van der Waals surface area (Å²) in [6.07, 6.45) is 0. The van der Waals surface area contributed by atoms with E-state index in [2.05, 4.69) is 21.2 Å². The molecule has 8 heteroatoms. The average molecular weight is 385 g/mol. The summed E-state index contributed by atoms with van der Waals surface area (Å²) in [6, 6.07) is 2.62. The molecule has 1 aromatic rings. The van der Waals surface area contributed by atoms with E-state index >= 15 is 0 Å². The number of amides is 1. The van der Waals surface area contributed by atoms with Crippen LogP contribution in [0.5, 0.6) is 0 Å². The van der Waals surface area contributed by atoms with Crippen molar-refractivity contribution in [2.75, 3.05) is 13.7 Å². The van der Waals surface area contributed by atoms with Crippen LogP contribution in [0.4, 0.5) is 0 Å². The predicted molar refractivity (Wildman–Crippen MR) is 80.7 cm³/mol. The molecule has 0 radical (unpaired) electrons. The number of nitrogens with one attached hydrogen (secondary N) is 1. The Morgan fingerprint density at radius 1 is 1.50 bits per heavy atom. The highest BCUT2D eigenvalue weighted by molar-refractivity contribution is 9.10. The summed E-state index contributed by atoms with van der Waals surface area (Å²) in [5.74, 6) is -0.392. The Kier molecular flexibility index (Phi) is 6.00. The summed E-state index contributed by atoms with van der Waals surface area (Å²) in [5.41, 5.74) is 0.672. The van der Waals surface area contributed by atoms with Gasteiger partial charge in [-0.25, -0.2) is 8.42 Å². The van der Waals surface area contributed by atoms with Crippen LogP contribution in [0.2, 0.25) is 0 Å². The molecule has 0 saturated heterocycles. The number of rotatable bonds is 5. The lowest BCUT2D eigenvalue weighted by Crippen LogP contribution is -2.35. The summed E-state index contributed by atoms with van der Waals surface area (Å²) in [6.45, 7) is 3.75. The van der Waals surface area contributed by atoms with Crippen molar-refractivity contribution in [1.29, 1.82) is 0 Å². The molecule has 0 fully saturated rings. The van der Waals surface area contributed by atoms with Crippen LogP contribution >= 0.6 is 26.6 Å². The van der Waals surface area contributed by atoms with E-state index < -0.39 is 15.0 Å². The van der Waals surface area contributed by atoms with Crippen molar-refractivity contribution in [2.24, 2.45) is 0 Å². The Hall–Kier alpha value is -0.630. The Labute approximate surface area is 131 Å². The van der Waals surface area contributed by atoms with Crippen LogP contribution in [-0.2, 0) is 13.8 Å². The van der Waals surface area contributed by atoms with E-state index in [0.29, 0.717) is 16.6 Å². The van der Waals surface area contributed by atoms with Crippen LogP contribution in [0.3, 0.4) is 0 Å². The van der Waals surface area contributed by atoms with Crippen molar-refractivity contribution in [2.45, 2.75) is 24.8 Å². The highest BCUT2D eigenvalue weighted by Crippen LogP contribution is 2.28. The van der Waals surface area contributed by atoms with Crippen LogP contribution in [0, 0.1) is 6.92 Å². The maximum atomic E-state index is 12.0. The van der Waals surface area contributed by atoms with E-state index in [1.807, 2.05) is 0 Å². The molecular weight excluding hydrogens is 370 g/mol. The Morgan fingerprint density at radius 3 is 2.60 bits per heavy atom. The van der Waals surface area contributed by atoms with Gasteiger partial charge >= 0.3 is 0 Å². The second-order valence-electron chi connectivity index (χ2n) is 4.35. The molecule has 0 aromatic heterocycles. The van der Waals surface area contributed by atoms with Crippen LogP contribution < -0.4 is 5.32 Å². The molecule has 0 bridgehead atoms. The highest BCUT2D eigenvalue weighted by atomic mass is 79.9. The topological polar surface area (TPSA) is 72.5 Å². The van der Waals surface area contributed by atoms with Crippen molar-refractivity contribution < 1.29 is 17.9 Å². The molecule has 1 aromatic carbocycles. The first-order chi connectivity index (χ1) is 9.16. The van der Waals surface area contributed by atoms with Crippen molar-refractivity contribution in [3.8, 4) is 0 Å². The van der Waals surface area contributed by atoms with Crippen molar-refractivity contribution >= 4 is 41.6 Å². The predicted octanol–water partition coefficient (Wildman–Crippen LogP) is 2.45. The van der Waals surface area contributed by atoms with Crippen molar-refractivity contribution in [3.05, 3.63) is 27.7 Å². The van der Waals surface area contributed by atoms with E-state index in [4.69, 9.17) is 15.4 Å². The molecule has 0 saturated carbocycles. The van der Waals surface area contributed by atoms with E-state index in [9.17, 15) is 13.2 Å². The lowest BCUT2D eigenvalue weighted by atomic mass is 10.1. The number of hydrogen-bond acceptors (Lipinski definition) is 4. The zero-order chi connectivity index (χ0) is 15.5. The number of hydrogen-bond donors (Lipinski definition) is 1. The van der Waals surface area contributed by atoms with Crippen molar-refractivity contribution in [1.82, 2.24) is 5.32 Å². The van der Waals surface area contributed by atoms with Gasteiger partial charge < -0.3 is 10.1 Å². The van der Waals surface area contributed by atoms with E-state index in [0.717, 1.165) is 0 Å². The van der Waals surface area contributed by atoms with Crippen LogP contribution in [0.25, 0.3) is 0 Å². The van der Waals surface area contributed by atoms with Gasteiger partial charge in [0.15, 0.2) is 0 Å². The molecule has 1 N–H and O–H groups in total. The number of ether oxygens (including phenoxy) is 1. The molecule has 0 aliphatic heterocycles. The quantitative estimate of drug-likeness (QED) is 0.792. The number of methoxy groups -OCH3 is 1. The van der Waals surface area contributed by atoms with Gasteiger partial charge in [-0.15, -0.1) is 0 Å². The first-order valence-corrected chi connectivity index (χ1v) is 8.81. The average Bonchev–Trinajstić information content (AvgIpc) is 2.30. The van der Waals surface area contributed by atoms with Gasteiger partial charge in [0.2, 0.25) is 0 Å². The van der Waals surface area contributed by atoms with Gasteiger partial charge in [0.25, 0.3) is 15.0 Å². The third kappa shape index (κ3) is 4.44. The smallest absolute Gasteiger partial charge is 0.261 e. The summed E-state index contributed by atoms with van der Waals surface area (Å²) < 4.78 is 28.4. The van der Waals surface area contributed by atoms with Crippen LogP contribution in [0.15, 0.2) is 21.5 Å². The molecular formula is C12H15BrClNO4S. The van der Waals surface area contributed by atoms with Crippen LogP contribution in [0.1, 0.15) is 22.8 Å². The van der Waals surface area contributed by atoms with Gasteiger partial charge in [-0.05, 0) is 31.5 Å². The molecule has 1 unspecified atom stereocenters. The van der Waals surface area contributed by atoms with Gasteiger partial charge in [-0.1, -0.05) is 15.9 Å². The standard InChI is InChI=1S/C12H15BrClNO4S/c1-7(6-19-3)15-12(16)9-4-10(13)8(2)11(5-9)20(14,17)18/h4-5,7H,6H2,1-3H3,(H,15,16). The van der Waals surface area contributed by atoms with E-state index in [1.54, 1.807) is 19.9 Å². The molecule has 0 aliphatic carbocycles. The van der Waals surface area contributed by atoms with Gasteiger partial charge in [0.05, 0.1) is 11.5 Å². The Morgan fingerprint density at radius 2 is 2.10 bits per heavy atom. The summed E-state index contributed by atoms with van der Waals surface area (Å²) in [4.78, 5) is 12.0. The fourth-order valence-electron chi connectivity index (χ4n) is 1.64. The minimum absolute atomic E-state index is 0.0851. The Bertz CT molecular complexity index is 618. The summed E-state index contributed by atoms with van der Waals surface area (Å²) in [5, 5.41) is 2.70. The minimum atomic E-state index is -3.91. The molecule has 0 aliphatic rings. The maximum Gasteiger partial charge on any atom is 0.261 e. The number of carbonyl (C=O) groups excluding carboxylic acids is 1. The van der Waals surface area contributed by atoms with Gasteiger partial charge in [-0.2, -0.15) is 0 Å². The number of halogens is 2. The lowest BCUT2D eigenvalue weighted by Gasteiger charge is -2.14. The lowest BCUT2D eigenvalue weighted by molar-refractivity contribution is 0.0905. The fraction of sp³-hybridized carbons (Fsp3) is 0.417. The zero-order valence-corrected chi connectivity index (χ0v) is 14.4. The summed E-state index contributed by atoms with van der Waals surface area (Å²) in [7, 11) is 2.99. The van der Waals surface area contributed by atoms with Gasteiger partial charge in [-0.3, -0.25) is 4.79 Å². The molecule has 0 heterocycles. The van der Waals surface area contributed by atoms with E-state index in [1.165, 1.54) is 13.2 Å². The first-order valence-electron chi connectivity index (χ1n) is 5.71. The summed E-state index contributed by atoms with van der Waals surface area (Å²) >= 11 is 3.23. The second kappa shape index (κ2) is 6.89. The van der Waals surface area contributed by atoms with E-state index in [-0.39, 0.29) is 16.5 Å². The van der Waals surface area contributed by atoms with Gasteiger partial charge in [0.1, 0.15) is 0 Å². The van der Waals surface area contributed by atoms with Gasteiger partial charge in [0, 0.05) is 33.9 Å². The van der Waals surface area contributed by atoms with Crippen molar-refractivity contribution in [3.63, 3.8) is 0 Å². The molecule has 1 amide bonds. The minimum Gasteiger partial charge on any atom is -0.383 e. The molecule has 20 heavy (non-hydrogen) atoms. The fourth-order valence-corrected chi connectivity index (χ4v) is 3.45. The Balaban J connectivity index is 3.15. The largest absolute Gasteiger partial charge is 0.383 e. The van der Waals surface area contributed by atoms with Crippen LogP contribution in [-0.4, -0.2) is 34.1 Å². The highest BCUT2D eigenvalue weighted by Gasteiger charge is 2.19. The third-order valence-electron chi connectivity index (χ3n) is 2.62. The zero-order valence-electron chi connectivity index (χ0n) is 11.2. The normalized spacial score (nSPS) is 13.1. The monoisotopic (exact) mass is 383 g/mol. The number of benzene rings is 1. The molecule has 112 valence electrons. The maximum absolute atomic E-state index is 12.0. The SMILES string of the molecule is COCC(C)NC(=O)c1cc(Br)c(C)c(S(=O)(=O)Cl)c1. The molecule has 1 rings (SSSR count). The molecule has 0 spiro atoms. The third-order valence-corrected chi connectivity index (χ3v) is 4.89. The first kappa shape index (κ1) is 17.4. The molecule has 1 atom stereocenters. The number of carbonyl (C=O) groups is 1. The molecule has 5 nitrogen and oxygen atoms in total. The second-order valence-corrected chi connectivity index (χ2v) is 7.74.